The summed E-state index contributed by atoms with van der Waals surface area (Å²) >= 11 is 0. The third-order valence-corrected chi connectivity index (χ3v) is 9.41. The van der Waals surface area contributed by atoms with Gasteiger partial charge in [0.2, 0.25) is 0 Å². The number of para-hydroxylation sites is 1. The van der Waals surface area contributed by atoms with Gasteiger partial charge in [-0.3, -0.25) is 9.69 Å². The number of unbranched alkanes of at least 4 members (excludes halogenated alkanes) is 1. The summed E-state index contributed by atoms with van der Waals surface area (Å²) in [6, 6.07) is 33.8. The Hall–Kier alpha value is -4.43. The van der Waals surface area contributed by atoms with Gasteiger partial charge in [0.15, 0.2) is 6.29 Å². The Kier molecular flexibility index (Phi) is 11.8. The van der Waals surface area contributed by atoms with Crippen LogP contribution in [-0.2, 0) is 20.8 Å². The normalized spacial score (nSPS) is 15.7. The Balaban J connectivity index is 1.19. The summed E-state index contributed by atoms with van der Waals surface area (Å²) in [4.78, 5) is 18.5. The molecular weight excluding hydrogens is 610 g/mol. The highest BCUT2D eigenvalue weighted by molar-refractivity contribution is 6.07. The average Bonchev–Trinajstić information content (AvgIpc) is 3.33. The van der Waals surface area contributed by atoms with Gasteiger partial charge in [-0.2, -0.15) is 0 Å². The predicted octanol–water partition coefficient (Wildman–Crippen LogP) is 9.07. The molecule has 4 aromatic carbocycles. The van der Waals surface area contributed by atoms with Crippen molar-refractivity contribution in [3.63, 3.8) is 0 Å². The Labute approximate surface area is 291 Å². The Bertz CT molecular complexity index is 1680. The lowest BCUT2D eigenvalue weighted by molar-refractivity contribution is -0.112. The van der Waals surface area contributed by atoms with Crippen molar-refractivity contribution in [2.45, 2.75) is 64.8 Å². The van der Waals surface area contributed by atoms with Crippen molar-refractivity contribution in [1.29, 1.82) is 0 Å². The van der Waals surface area contributed by atoms with Gasteiger partial charge in [-0.15, -0.1) is 0 Å². The highest BCUT2D eigenvalue weighted by atomic mass is 16.7. The van der Waals surface area contributed by atoms with Gasteiger partial charge in [-0.05, 0) is 117 Å². The average molecular weight is 660 g/mol. The zero-order chi connectivity index (χ0) is 34.0. The van der Waals surface area contributed by atoms with E-state index in [0.29, 0.717) is 25.6 Å². The number of hydrogen-bond donors (Lipinski definition) is 1. The van der Waals surface area contributed by atoms with Crippen molar-refractivity contribution in [2.24, 2.45) is 0 Å². The minimum absolute atomic E-state index is 0.0740. The smallest absolute Gasteiger partial charge is 0.251 e. The Morgan fingerprint density at radius 3 is 2.43 bits per heavy atom. The Morgan fingerprint density at radius 1 is 0.959 bits per heavy atom. The van der Waals surface area contributed by atoms with E-state index in [1.165, 1.54) is 5.56 Å². The molecule has 7 heteroatoms. The maximum absolute atomic E-state index is 13.8. The van der Waals surface area contributed by atoms with E-state index in [1.54, 1.807) is 0 Å². The van der Waals surface area contributed by atoms with Crippen LogP contribution in [0.4, 0.5) is 17.1 Å². The number of nitrogens with one attached hydrogen (secondary N) is 1. The summed E-state index contributed by atoms with van der Waals surface area (Å²) < 4.78 is 17.3. The van der Waals surface area contributed by atoms with Crippen LogP contribution in [0.3, 0.4) is 0 Å². The predicted molar refractivity (Wildman–Crippen MR) is 199 cm³/mol. The fourth-order valence-corrected chi connectivity index (χ4v) is 6.56. The van der Waals surface area contributed by atoms with E-state index < -0.39 is 0 Å². The molecular formula is C42H49N3O4. The SMILES string of the molecule is CCCCOC(C)Oc1ccc(-c2ccc3c(c2)C=C(C(=O)Nc2ccc(CN(C)C4CCOCC4)cc2)CCN3c2ccccc2)cc1. The number of carbonyl (C=O) groups excluding carboxylic acids is 1. The molecule has 2 aliphatic heterocycles. The largest absolute Gasteiger partial charge is 0.465 e. The number of nitrogens with zero attached hydrogens (tertiary/aromatic N) is 2. The van der Waals surface area contributed by atoms with Gasteiger partial charge in [-0.1, -0.05) is 61.9 Å². The molecule has 0 bridgehead atoms. The van der Waals surface area contributed by atoms with E-state index in [2.05, 4.69) is 102 Å². The van der Waals surface area contributed by atoms with Gasteiger partial charge in [-0.25, -0.2) is 0 Å². The number of ether oxygens (including phenoxy) is 3. The number of hydrogen-bond acceptors (Lipinski definition) is 6. The first-order chi connectivity index (χ1) is 24.0. The van der Waals surface area contributed by atoms with Crippen molar-refractivity contribution < 1.29 is 19.0 Å². The molecule has 1 unspecified atom stereocenters. The van der Waals surface area contributed by atoms with Crippen molar-refractivity contribution >= 4 is 29.0 Å². The molecule has 0 saturated carbocycles. The summed E-state index contributed by atoms with van der Waals surface area (Å²) in [6.07, 6.45) is 6.63. The van der Waals surface area contributed by atoms with E-state index in [1.807, 2.05) is 37.3 Å². The third kappa shape index (κ3) is 9.18. The number of amides is 1. The fraction of sp³-hybridized carbons (Fsp3) is 0.357. The zero-order valence-corrected chi connectivity index (χ0v) is 29.1. The molecule has 4 aromatic rings. The number of carbonyl (C=O) groups is 1. The van der Waals surface area contributed by atoms with Crippen LogP contribution in [0.2, 0.25) is 0 Å². The Morgan fingerprint density at radius 2 is 1.69 bits per heavy atom. The highest BCUT2D eigenvalue weighted by Gasteiger charge is 2.22. The lowest BCUT2D eigenvalue weighted by Crippen LogP contribution is -2.36. The first-order valence-electron chi connectivity index (χ1n) is 17.7. The van der Waals surface area contributed by atoms with Gasteiger partial charge in [0.1, 0.15) is 5.75 Å². The molecule has 0 radical (unpaired) electrons. The van der Waals surface area contributed by atoms with Crippen LogP contribution >= 0.6 is 0 Å². The van der Waals surface area contributed by atoms with Crippen LogP contribution in [-0.4, -0.2) is 56.6 Å². The maximum Gasteiger partial charge on any atom is 0.251 e. The highest BCUT2D eigenvalue weighted by Crippen LogP contribution is 2.37. The van der Waals surface area contributed by atoms with E-state index >= 15 is 0 Å². The summed E-state index contributed by atoms with van der Waals surface area (Å²) in [5.74, 6) is 0.700. The fourth-order valence-electron chi connectivity index (χ4n) is 6.56. The molecule has 0 aromatic heterocycles. The van der Waals surface area contributed by atoms with Gasteiger partial charge >= 0.3 is 0 Å². The molecule has 1 fully saturated rings. The van der Waals surface area contributed by atoms with Crippen molar-refractivity contribution in [2.75, 3.05) is 43.6 Å². The first-order valence-corrected chi connectivity index (χ1v) is 17.7. The molecule has 1 saturated heterocycles. The number of benzene rings is 4. The summed E-state index contributed by atoms with van der Waals surface area (Å²) in [5, 5.41) is 3.17. The second kappa shape index (κ2) is 16.8. The van der Waals surface area contributed by atoms with Crippen molar-refractivity contribution in [3.05, 3.63) is 114 Å². The van der Waals surface area contributed by atoms with Crippen molar-refractivity contribution in [3.8, 4) is 16.9 Å². The molecule has 2 heterocycles. The van der Waals surface area contributed by atoms with E-state index in [9.17, 15) is 4.79 Å². The summed E-state index contributed by atoms with van der Waals surface area (Å²) in [7, 11) is 2.18. The van der Waals surface area contributed by atoms with Crippen LogP contribution in [0.5, 0.6) is 5.75 Å². The number of rotatable bonds is 13. The molecule has 0 spiro atoms. The molecule has 256 valence electrons. The van der Waals surface area contributed by atoms with Gasteiger partial charge < -0.3 is 24.4 Å². The van der Waals surface area contributed by atoms with E-state index in [-0.39, 0.29) is 12.2 Å². The molecule has 1 atom stereocenters. The minimum Gasteiger partial charge on any atom is -0.465 e. The third-order valence-electron chi connectivity index (χ3n) is 9.41. The summed E-state index contributed by atoms with van der Waals surface area (Å²) in [6.45, 7) is 8.01. The van der Waals surface area contributed by atoms with Crippen LogP contribution in [0.1, 0.15) is 57.1 Å². The molecule has 49 heavy (non-hydrogen) atoms. The molecule has 2 aliphatic rings. The lowest BCUT2D eigenvalue weighted by atomic mass is 10.00. The summed E-state index contributed by atoms with van der Waals surface area (Å²) in [5.41, 5.74) is 8.12. The van der Waals surface area contributed by atoms with Crippen LogP contribution in [0, 0.1) is 0 Å². The van der Waals surface area contributed by atoms with Gasteiger partial charge in [0.05, 0.1) is 6.61 Å². The van der Waals surface area contributed by atoms with Gasteiger partial charge in [0.25, 0.3) is 5.91 Å². The number of anilines is 3. The maximum atomic E-state index is 13.8. The molecule has 0 aliphatic carbocycles. The second-order valence-electron chi connectivity index (χ2n) is 13.0. The first kappa shape index (κ1) is 34.4. The molecule has 7 nitrogen and oxygen atoms in total. The topological polar surface area (TPSA) is 63.3 Å². The number of fused-ring (bicyclic) bond motifs is 1. The zero-order valence-electron chi connectivity index (χ0n) is 29.1. The van der Waals surface area contributed by atoms with Crippen LogP contribution < -0.4 is 15.0 Å². The molecule has 1 amide bonds. The van der Waals surface area contributed by atoms with Crippen LogP contribution in [0.25, 0.3) is 17.2 Å². The second-order valence-corrected chi connectivity index (χ2v) is 13.0. The molecule has 6 rings (SSSR count). The van der Waals surface area contributed by atoms with Crippen molar-refractivity contribution in [1.82, 2.24) is 4.90 Å². The lowest BCUT2D eigenvalue weighted by Gasteiger charge is -2.31. The monoisotopic (exact) mass is 659 g/mol. The molecule has 1 N–H and O–H groups in total. The van der Waals surface area contributed by atoms with E-state index in [0.717, 1.165) is 90.5 Å². The van der Waals surface area contributed by atoms with Crippen LogP contribution in [0.15, 0.2) is 103 Å². The van der Waals surface area contributed by atoms with E-state index in [4.69, 9.17) is 14.2 Å². The quantitative estimate of drug-likeness (QED) is 0.114. The standard InChI is InChI=1S/C42H49N3O4/c1-4-5-25-48-31(2)49-40-18-13-33(14-19-40)34-15-20-41-36(28-34)29-35(21-24-45(41)39-9-7-6-8-10-39)42(46)43-37-16-11-32(12-17-37)30-44(3)38-22-26-47-27-23-38/h6-20,28-29,31,38H,4-5,21-27,30H2,1-3H3,(H,43,46). The van der Waals surface area contributed by atoms with Gasteiger partial charge in [0, 0.05) is 55.0 Å². The minimum atomic E-state index is -0.301.